The first kappa shape index (κ1) is 21.2. The molecule has 1 unspecified atom stereocenters. The summed E-state index contributed by atoms with van der Waals surface area (Å²) in [6, 6.07) is 7.14. The number of hydrogen-bond donors (Lipinski definition) is 1. The standard InChI is InChI=1S/C25H29N3O3/c1-18-11-15-28(16-12-18)14-4-13-26-24(29)20-9-7-19(8-10-20)17-23-25(30)27-21-5-2-3-6-22(21)31-23/h2-3,5-10,17-18,22H,4,11-16H2,1H3,(H,26,29)/b23-17-. The van der Waals surface area contributed by atoms with E-state index in [4.69, 9.17) is 4.74 Å². The second-order valence-electron chi connectivity index (χ2n) is 8.39. The van der Waals surface area contributed by atoms with Crippen LogP contribution in [0.3, 0.4) is 0 Å². The Morgan fingerprint density at radius 3 is 2.77 bits per heavy atom. The number of nitrogens with one attached hydrogen (secondary N) is 1. The highest BCUT2D eigenvalue weighted by molar-refractivity contribution is 6.13. The summed E-state index contributed by atoms with van der Waals surface area (Å²) in [4.78, 5) is 31.2. The molecule has 162 valence electrons. The van der Waals surface area contributed by atoms with Crippen LogP contribution in [0.15, 0.2) is 59.3 Å². The largest absolute Gasteiger partial charge is 0.474 e. The molecule has 1 atom stereocenters. The minimum absolute atomic E-state index is 0.0789. The fourth-order valence-corrected chi connectivity index (χ4v) is 3.94. The van der Waals surface area contributed by atoms with Gasteiger partial charge in [-0.2, -0.15) is 0 Å². The molecular formula is C25H29N3O3. The van der Waals surface area contributed by atoms with Crippen LogP contribution in [0.5, 0.6) is 0 Å². The average molecular weight is 420 g/mol. The summed E-state index contributed by atoms with van der Waals surface area (Å²) in [5, 5.41) is 2.99. The van der Waals surface area contributed by atoms with Crippen molar-refractivity contribution in [3.8, 4) is 0 Å². The Morgan fingerprint density at radius 2 is 2.00 bits per heavy atom. The fourth-order valence-electron chi connectivity index (χ4n) is 3.94. The zero-order chi connectivity index (χ0) is 21.6. The van der Waals surface area contributed by atoms with Crippen molar-refractivity contribution < 1.29 is 14.3 Å². The van der Waals surface area contributed by atoms with Gasteiger partial charge in [0.25, 0.3) is 5.91 Å². The number of hydrogen-bond acceptors (Lipinski definition) is 4. The third kappa shape index (κ3) is 5.58. The van der Waals surface area contributed by atoms with Crippen LogP contribution in [0.25, 0.3) is 6.08 Å². The number of piperidine rings is 1. The first-order chi connectivity index (χ1) is 15.1. The molecule has 1 aromatic carbocycles. The minimum Gasteiger partial charge on any atom is -0.474 e. The number of aliphatic imine (C=N–C) groups is 1. The lowest BCUT2D eigenvalue weighted by molar-refractivity contribution is -0.118. The van der Waals surface area contributed by atoms with Crippen LogP contribution in [0.1, 0.15) is 42.1 Å². The van der Waals surface area contributed by atoms with Crippen molar-refractivity contribution in [2.45, 2.75) is 32.3 Å². The van der Waals surface area contributed by atoms with Crippen molar-refractivity contribution in [3.63, 3.8) is 0 Å². The lowest BCUT2D eigenvalue weighted by Crippen LogP contribution is -2.35. The van der Waals surface area contributed by atoms with E-state index in [0.717, 1.165) is 24.4 Å². The number of fused-ring (bicyclic) bond motifs is 1. The molecule has 3 aliphatic rings. The maximum absolute atomic E-state index is 12.4. The van der Waals surface area contributed by atoms with Crippen molar-refractivity contribution in [2.75, 3.05) is 26.2 Å². The molecule has 4 rings (SSSR count). The summed E-state index contributed by atoms with van der Waals surface area (Å²) in [5.41, 5.74) is 2.00. The normalized spacial score (nSPS) is 22.7. The van der Waals surface area contributed by atoms with Crippen molar-refractivity contribution in [1.29, 1.82) is 0 Å². The fraction of sp³-hybridized carbons (Fsp3) is 0.400. The summed E-state index contributed by atoms with van der Waals surface area (Å²) in [6.45, 7) is 6.35. The van der Waals surface area contributed by atoms with Crippen LogP contribution in [0, 0.1) is 5.92 Å². The van der Waals surface area contributed by atoms with Crippen molar-refractivity contribution in [1.82, 2.24) is 10.2 Å². The summed E-state index contributed by atoms with van der Waals surface area (Å²) < 4.78 is 5.76. The van der Waals surface area contributed by atoms with Gasteiger partial charge in [-0.3, -0.25) is 9.59 Å². The van der Waals surface area contributed by atoms with Gasteiger partial charge in [-0.05, 0) is 80.7 Å². The van der Waals surface area contributed by atoms with Gasteiger partial charge >= 0.3 is 5.91 Å². The van der Waals surface area contributed by atoms with Gasteiger partial charge in [0, 0.05) is 12.1 Å². The van der Waals surface area contributed by atoms with Crippen LogP contribution < -0.4 is 5.32 Å². The summed E-state index contributed by atoms with van der Waals surface area (Å²) in [6.07, 6.45) is 12.2. The third-order valence-corrected chi connectivity index (χ3v) is 5.93. The Labute approximate surface area is 183 Å². The van der Waals surface area contributed by atoms with E-state index >= 15 is 0 Å². The molecule has 0 aromatic heterocycles. The van der Waals surface area contributed by atoms with Crippen LogP contribution in [0.4, 0.5) is 0 Å². The van der Waals surface area contributed by atoms with Crippen LogP contribution >= 0.6 is 0 Å². The van der Waals surface area contributed by atoms with Crippen LogP contribution in [0.2, 0.25) is 0 Å². The number of nitrogens with zero attached hydrogens (tertiary/aromatic N) is 2. The quantitative estimate of drug-likeness (QED) is 0.567. The van der Waals surface area contributed by atoms with Crippen LogP contribution in [-0.2, 0) is 9.53 Å². The first-order valence-electron chi connectivity index (χ1n) is 11.1. The Balaban J connectivity index is 1.27. The van der Waals surface area contributed by atoms with Gasteiger partial charge in [0.05, 0.1) is 5.71 Å². The van der Waals surface area contributed by atoms with Gasteiger partial charge in [0.2, 0.25) is 0 Å². The highest BCUT2D eigenvalue weighted by Gasteiger charge is 2.26. The van der Waals surface area contributed by atoms with E-state index in [1.807, 2.05) is 30.4 Å². The van der Waals surface area contributed by atoms with E-state index < -0.39 is 5.91 Å². The zero-order valence-corrected chi connectivity index (χ0v) is 17.9. The average Bonchev–Trinajstić information content (AvgIpc) is 2.79. The number of ether oxygens (including phenoxy) is 1. The predicted molar refractivity (Wildman–Crippen MR) is 122 cm³/mol. The molecule has 31 heavy (non-hydrogen) atoms. The van der Waals surface area contributed by atoms with Gasteiger partial charge in [0.1, 0.15) is 0 Å². The number of carbonyl (C=O) groups excluding carboxylic acids is 2. The van der Waals surface area contributed by atoms with E-state index in [0.29, 0.717) is 17.8 Å². The molecule has 0 bridgehead atoms. The molecule has 2 aliphatic heterocycles. The van der Waals surface area contributed by atoms with Gasteiger partial charge in [-0.15, -0.1) is 0 Å². The molecule has 1 saturated heterocycles. The highest BCUT2D eigenvalue weighted by atomic mass is 16.5. The van der Waals surface area contributed by atoms with Gasteiger partial charge in [-0.1, -0.05) is 31.2 Å². The van der Waals surface area contributed by atoms with E-state index in [9.17, 15) is 9.59 Å². The molecule has 1 aliphatic carbocycles. The Hall–Kier alpha value is -2.99. The molecule has 2 amide bonds. The van der Waals surface area contributed by atoms with E-state index in [-0.39, 0.29) is 17.8 Å². The molecule has 2 heterocycles. The Kier molecular flexibility index (Phi) is 6.77. The SMILES string of the molecule is CC1CCN(CCCNC(=O)c2ccc(/C=C3\OC4C=CC=CC4=NC3=O)cc2)CC1. The second kappa shape index (κ2) is 9.88. The van der Waals surface area contributed by atoms with Gasteiger partial charge in [0.15, 0.2) is 11.9 Å². The highest BCUT2D eigenvalue weighted by Crippen LogP contribution is 2.21. The van der Waals surface area contributed by atoms with E-state index in [1.165, 1.54) is 25.9 Å². The van der Waals surface area contributed by atoms with Gasteiger partial charge < -0.3 is 15.0 Å². The van der Waals surface area contributed by atoms with E-state index in [1.54, 1.807) is 24.3 Å². The number of allylic oxidation sites excluding steroid dienone is 2. The molecule has 0 saturated carbocycles. The van der Waals surface area contributed by atoms with Crippen molar-refractivity contribution in [2.24, 2.45) is 10.9 Å². The second-order valence-corrected chi connectivity index (χ2v) is 8.39. The summed E-state index contributed by atoms with van der Waals surface area (Å²) in [5.74, 6) is 0.572. The molecule has 1 N–H and O–H groups in total. The molecule has 1 fully saturated rings. The van der Waals surface area contributed by atoms with E-state index in [2.05, 4.69) is 22.1 Å². The number of benzene rings is 1. The van der Waals surface area contributed by atoms with Crippen molar-refractivity contribution in [3.05, 3.63) is 65.5 Å². The molecule has 6 nitrogen and oxygen atoms in total. The third-order valence-electron chi connectivity index (χ3n) is 5.93. The maximum Gasteiger partial charge on any atom is 0.312 e. The number of amides is 2. The monoisotopic (exact) mass is 419 g/mol. The Morgan fingerprint density at radius 1 is 1.23 bits per heavy atom. The Bertz CT molecular complexity index is 935. The van der Waals surface area contributed by atoms with Crippen molar-refractivity contribution >= 4 is 23.6 Å². The lowest BCUT2D eigenvalue weighted by atomic mass is 9.99. The minimum atomic E-state index is -0.392. The summed E-state index contributed by atoms with van der Waals surface area (Å²) >= 11 is 0. The topological polar surface area (TPSA) is 71.0 Å². The summed E-state index contributed by atoms with van der Waals surface area (Å²) in [7, 11) is 0. The smallest absolute Gasteiger partial charge is 0.312 e. The number of rotatable bonds is 6. The molecule has 1 aromatic rings. The predicted octanol–water partition coefficient (Wildman–Crippen LogP) is 3.37. The molecule has 0 spiro atoms. The molecule has 0 radical (unpaired) electrons. The number of likely N-dealkylation sites (tertiary alicyclic amines) is 1. The number of carbonyl (C=O) groups is 2. The lowest BCUT2D eigenvalue weighted by Gasteiger charge is -2.30. The molecule has 6 heteroatoms. The molecular weight excluding hydrogens is 390 g/mol. The van der Waals surface area contributed by atoms with Gasteiger partial charge in [-0.25, -0.2) is 4.99 Å². The maximum atomic E-state index is 12.4. The zero-order valence-electron chi connectivity index (χ0n) is 17.9. The van der Waals surface area contributed by atoms with Crippen LogP contribution in [-0.4, -0.2) is 54.7 Å². The first-order valence-corrected chi connectivity index (χ1v) is 11.1.